The molecule has 0 aliphatic rings. The van der Waals surface area contributed by atoms with Gasteiger partial charge in [-0.1, -0.05) is 24.0 Å². The minimum Gasteiger partial charge on any atom is -0.348 e. The van der Waals surface area contributed by atoms with Gasteiger partial charge in [-0.3, -0.25) is 14.5 Å². The van der Waals surface area contributed by atoms with Gasteiger partial charge in [0.25, 0.3) is 0 Å². The SMILES string of the molecule is CN(C)CCc1ccc(-n2c(N(C)C)nc3cnc4ccc(C#Cc5cccnc5)cc4c32)cc1. The van der Waals surface area contributed by atoms with Crippen LogP contribution in [0.4, 0.5) is 5.95 Å². The van der Waals surface area contributed by atoms with Crippen molar-refractivity contribution >= 4 is 27.9 Å². The number of hydrogen-bond acceptors (Lipinski definition) is 5. The highest BCUT2D eigenvalue weighted by atomic mass is 15.3. The van der Waals surface area contributed by atoms with E-state index in [0.29, 0.717) is 0 Å². The summed E-state index contributed by atoms with van der Waals surface area (Å²) in [5.74, 6) is 7.34. The minimum atomic E-state index is 0.857. The van der Waals surface area contributed by atoms with Crippen LogP contribution in [0.5, 0.6) is 0 Å². The Bertz CT molecular complexity index is 1540. The van der Waals surface area contributed by atoms with E-state index in [2.05, 4.69) is 75.7 Å². The standard InChI is InChI=1S/C29H28N6/c1-33(2)17-15-21-9-12-24(13-10-21)35-28-25-18-22(7-8-23-6-5-16-30-19-23)11-14-26(25)31-20-27(28)32-29(35)34(3)4/h5-6,9-14,16,18-20H,15,17H2,1-4H3. The molecule has 0 amide bonds. The normalized spacial score (nSPS) is 11.1. The minimum absolute atomic E-state index is 0.857. The summed E-state index contributed by atoms with van der Waals surface area (Å²) in [5, 5.41) is 1.03. The summed E-state index contributed by atoms with van der Waals surface area (Å²) in [6.07, 6.45) is 6.40. The molecule has 6 nitrogen and oxygen atoms in total. The van der Waals surface area contributed by atoms with Crippen molar-refractivity contribution in [2.75, 3.05) is 39.6 Å². The van der Waals surface area contributed by atoms with Gasteiger partial charge < -0.3 is 9.80 Å². The summed E-state index contributed by atoms with van der Waals surface area (Å²) < 4.78 is 2.22. The topological polar surface area (TPSA) is 50.1 Å². The fourth-order valence-corrected chi connectivity index (χ4v) is 4.11. The molecule has 0 fully saturated rings. The molecule has 3 aromatic heterocycles. The van der Waals surface area contributed by atoms with E-state index in [4.69, 9.17) is 4.98 Å². The number of rotatable bonds is 5. The zero-order chi connectivity index (χ0) is 24.4. The van der Waals surface area contributed by atoms with Crippen LogP contribution in [0.2, 0.25) is 0 Å². The van der Waals surface area contributed by atoms with Crippen molar-refractivity contribution < 1.29 is 0 Å². The van der Waals surface area contributed by atoms with Gasteiger partial charge >= 0.3 is 0 Å². The van der Waals surface area contributed by atoms with Crippen molar-refractivity contribution in [3.05, 3.63) is 89.9 Å². The molecule has 174 valence electrons. The Hall–Kier alpha value is -4.21. The second-order valence-corrected chi connectivity index (χ2v) is 9.08. The molecule has 3 heterocycles. The molecule has 0 saturated carbocycles. The Kier molecular flexibility index (Phi) is 6.17. The molecule has 5 rings (SSSR count). The molecular formula is C29H28N6. The van der Waals surface area contributed by atoms with Crippen LogP contribution in [0.1, 0.15) is 16.7 Å². The Morgan fingerprint density at radius 3 is 2.37 bits per heavy atom. The number of pyridine rings is 2. The van der Waals surface area contributed by atoms with Crippen molar-refractivity contribution in [1.82, 2.24) is 24.4 Å². The summed E-state index contributed by atoms with van der Waals surface area (Å²) in [6, 6.07) is 18.8. The molecule has 0 spiro atoms. The number of likely N-dealkylation sites (N-methyl/N-ethyl adjacent to an activating group) is 1. The van der Waals surface area contributed by atoms with Gasteiger partial charge in [-0.15, -0.1) is 0 Å². The van der Waals surface area contributed by atoms with E-state index in [1.807, 2.05) is 49.5 Å². The number of anilines is 1. The number of fused-ring (bicyclic) bond motifs is 3. The van der Waals surface area contributed by atoms with Gasteiger partial charge in [0.2, 0.25) is 5.95 Å². The first kappa shape index (κ1) is 22.6. The van der Waals surface area contributed by atoms with Crippen LogP contribution in [-0.2, 0) is 6.42 Å². The van der Waals surface area contributed by atoms with Gasteiger partial charge in [0, 0.05) is 55.2 Å². The summed E-state index contributed by atoms with van der Waals surface area (Å²) >= 11 is 0. The van der Waals surface area contributed by atoms with Gasteiger partial charge in [0.1, 0.15) is 5.52 Å². The number of aromatic nitrogens is 4. The average Bonchev–Trinajstić information content (AvgIpc) is 3.28. The molecular weight excluding hydrogens is 432 g/mol. The Morgan fingerprint density at radius 2 is 1.66 bits per heavy atom. The summed E-state index contributed by atoms with van der Waals surface area (Å²) in [4.78, 5) is 18.0. The van der Waals surface area contributed by atoms with Crippen LogP contribution in [0.15, 0.2) is 73.2 Å². The van der Waals surface area contributed by atoms with E-state index in [1.165, 1.54) is 5.56 Å². The molecule has 0 atom stereocenters. The maximum absolute atomic E-state index is 4.92. The van der Waals surface area contributed by atoms with Gasteiger partial charge in [-0.25, -0.2) is 4.98 Å². The lowest BCUT2D eigenvalue weighted by Gasteiger charge is -2.16. The quantitative estimate of drug-likeness (QED) is 0.361. The molecule has 0 aliphatic carbocycles. The molecule has 2 aromatic carbocycles. The molecule has 5 aromatic rings. The number of hydrogen-bond donors (Lipinski definition) is 0. The lowest BCUT2D eigenvalue weighted by Crippen LogP contribution is -2.15. The molecule has 0 saturated heterocycles. The number of nitrogens with zero attached hydrogens (tertiary/aromatic N) is 6. The van der Waals surface area contributed by atoms with Crippen molar-refractivity contribution in [1.29, 1.82) is 0 Å². The third kappa shape index (κ3) is 4.72. The van der Waals surface area contributed by atoms with Crippen LogP contribution in [0, 0.1) is 11.8 Å². The highest BCUT2D eigenvalue weighted by molar-refractivity contribution is 6.04. The second-order valence-electron chi connectivity index (χ2n) is 9.08. The first-order chi connectivity index (χ1) is 17.0. The molecule has 0 radical (unpaired) electrons. The highest BCUT2D eigenvalue weighted by Crippen LogP contribution is 2.31. The maximum atomic E-state index is 4.92. The first-order valence-corrected chi connectivity index (χ1v) is 11.6. The van der Waals surface area contributed by atoms with E-state index in [1.54, 1.807) is 12.4 Å². The van der Waals surface area contributed by atoms with Crippen molar-refractivity contribution in [3.63, 3.8) is 0 Å². The van der Waals surface area contributed by atoms with Crippen LogP contribution in [-0.4, -0.2) is 59.2 Å². The lowest BCUT2D eigenvalue weighted by atomic mass is 10.1. The van der Waals surface area contributed by atoms with Crippen LogP contribution < -0.4 is 4.90 Å². The largest absolute Gasteiger partial charge is 0.348 e. The third-order valence-corrected chi connectivity index (χ3v) is 5.92. The lowest BCUT2D eigenvalue weighted by molar-refractivity contribution is 0.413. The fraction of sp³-hybridized carbons (Fsp3) is 0.207. The first-order valence-electron chi connectivity index (χ1n) is 11.6. The van der Waals surface area contributed by atoms with Gasteiger partial charge in [0.15, 0.2) is 0 Å². The van der Waals surface area contributed by atoms with E-state index < -0.39 is 0 Å². The van der Waals surface area contributed by atoms with Crippen LogP contribution >= 0.6 is 0 Å². The third-order valence-electron chi connectivity index (χ3n) is 5.92. The van der Waals surface area contributed by atoms with E-state index in [-0.39, 0.29) is 0 Å². The Labute approximate surface area is 205 Å². The van der Waals surface area contributed by atoms with Crippen molar-refractivity contribution in [2.24, 2.45) is 0 Å². The summed E-state index contributed by atoms with van der Waals surface area (Å²) in [7, 11) is 8.24. The van der Waals surface area contributed by atoms with Gasteiger partial charge in [0.05, 0.1) is 17.2 Å². The van der Waals surface area contributed by atoms with Crippen molar-refractivity contribution in [3.8, 4) is 17.5 Å². The smallest absolute Gasteiger partial charge is 0.210 e. The predicted octanol–water partition coefficient (Wildman–Crippen LogP) is 4.54. The molecule has 0 bridgehead atoms. The van der Waals surface area contributed by atoms with E-state index >= 15 is 0 Å². The zero-order valence-corrected chi connectivity index (χ0v) is 20.5. The highest BCUT2D eigenvalue weighted by Gasteiger charge is 2.17. The van der Waals surface area contributed by atoms with Crippen LogP contribution in [0.3, 0.4) is 0 Å². The molecule has 6 heteroatoms. The van der Waals surface area contributed by atoms with Gasteiger partial charge in [-0.2, -0.15) is 0 Å². The maximum Gasteiger partial charge on any atom is 0.210 e. The number of benzene rings is 2. The molecule has 0 N–H and O–H groups in total. The predicted molar refractivity (Wildman–Crippen MR) is 143 cm³/mol. The zero-order valence-electron chi connectivity index (χ0n) is 20.5. The Balaban J connectivity index is 1.65. The van der Waals surface area contributed by atoms with Gasteiger partial charge in [-0.05, 0) is 68.5 Å². The monoisotopic (exact) mass is 460 g/mol. The summed E-state index contributed by atoms with van der Waals surface area (Å²) in [6.45, 7) is 1.02. The molecule has 0 aliphatic heterocycles. The summed E-state index contributed by atoms with van der Waals surface area (Å²) in [5.41, 5.74) is 7.01. The van der Waals surface area contributed by atoms with Crippen LogP contribution in [0.25, 0.3) is 27.6 Å². The average molecular weight is 461 g/mol. The fourth-order valence-electron chi connectivity index (χ4n) is 4.11. The van der Waals surface area contributed by atoms with E-state index in [0.717, 1.165) is 57.7 Å². The van der Waals surface area contributed by atoms with E-state index in [9.17, 15) is 0 Å². The Morgan fingerprint density at radius 1 is 0.857 bits per heavy atom. The second kappa shape index (κ2) is 9.57. The van der Waals surface area contributed by atoms with Crippen molar-refractivity contribution in [2.45, 2.75) is 6.42 Å². The molecule has 35 heavy (non-hydrogen) atoms. The molecule has 0 unspecified atom stereocenters. The number of imidazole rings is 1.